The molecule has 1 aliphatic heterocycles. The predicted octanol–water partition coefficient (Wildman–Crippen LogP) is 2.75. The normalized spacial score (nSPS) is 17.1. The maximum absolute atomic E-state index is 12.4. The van der Waals surface area contributed by atoms with Crippen LogP contribution in [0.25, 0.3) is 0 Å². The Morgan fingerprint density at radius 2 is 1.80 bits per heavy atom. The highest BCUT2D eigenvalue weighted by atomic mass is 16.5. The molecule has 2 aromatic rings. The summed E-state index contributed by atoms with van der Waals surface area (Å²) in [6, 6.07) is 16.9. The first-order chi connectivity index (χ1) is 12.1. The molecular weight excluding hydrogens is 316 g/mol. The molecule has 2 N–H and O–H groups in total. The maximum atomic E-state index is 12.4. The van der Waals surface area contributed by atoms with Gasteiger partial charge < -0.3 is 15.4 Å². The number of carbonyl (C=O) groups excluding carboxylic acids is 2. The van der Waals surface area contributed by atoms with E-state index in [1.807, 2.05) is 42.5 Å². The third-order valence-corrected chi connectivity index (χ3v) is 4.50. The molecule has 0 aromatic heterocycles. The minimum absolute atomic E-state index is 0.131. The number of carbonyl (C=O) groups is 2. The minimum Gasteiger partial charge on any atom is -0.461 e. The van der Waals surface area contributed by atoms with Crippen LogP contribution < -0.4 is 10.6 Å². The van der Waals surface area contributed by atoms with Crippen LogP contribution in [0.4, 0.5) is 5.69 Å². The van der Waals surface area contributed by atoms with E-state index in [-0.39, 0.29) is 11.9 Å². The number of piperidine rings is 1. The Kier molecular flexibility index (Phi) is 5.33. The number of benzene rings is 2. The van der Waals surface area contributed by atoms with Gasteiger partial charge in [-0.3, -0.25) is 9.59 Å². The van der Waals surface area contributed by atoms with Crippen molar-refractivity contribution in [3.63, 3.8) is 0 Å². The van der Waals surface area contributed by atoms with Crippen LogP contribution in [0, 0.1) is 5.92 Å². The number of primary amides is 1. The average Bonchev–Trinajstić information content (AvgIpc) is 2.67. The lowest BCUT2D eigenvalue weighted by atomic mass is 9.97. The standard InChI is InChI=1S/C20H22N2O3/c21-19(23)16-8-10-18(11-9-16)22-12-4-7-17(13-22)20(24)25-14-15-5-2-1-3-6-15/h1-3,5-6,8-11,17H,4,7,12-14H2,(H2,21,23). The molecule has 0 radical (unpaired) electrons. The largest absolute Gasteiger partial charge is 0.461 e. The monoisotopic (exact) mass is 338 g/mol. The van der Waals surface area contributed by atoms with Crippen molar-refractivity contribution in [2.24, 2.45) is 11.7 Å². The number of amides is 1. The second kappa shape index (κ2) is 7.83. The van der Waals surface area contributed by atoms with Crippen LogP contribution in [0.2, 0.25) is 0 Å². The summed E-state index contributed by atoms with van der Waals surface area (Å²) in [5, 5.41) is 0. The maximum Gasteiger partial charge on any atom is 0.311 e. The van der Waals surface area contributed by atoms with Gasteiger partial charge in [-0.05, 0) is 42.7 Å². The lowest BCUT2D eigenvalue weighted by molar-refractivity contribution is -0.150. The summed E-state index contributed by atoms with van der Waals surface area (Å²) in [6.45, 7) is 1.82. The van der Waals surface area contributed by atoms with Gasteiger partial charge in [-0.15, -0.1) is 0 Å². The lowest BCUT2D eigenvalue weighted by Crippen LogP contribution is -2.39. The molecule has 2 aromatic carbocycles. The lowest BCUT2D eigenvalue weighted by Gasteiger charge is -2.33. The third kappa shape index (κ3) is 4.38. The van der Waals surface area contributed by atoms with E-state index in [0.717, 1.165) is 30.6 Å². The van der Waals surface area contributed by atoms with Crippen LogP contribution in [0.5, 0.6) is 0 Å². The summed E-state index contributed by atoms with van der Waals surface area (Å²) in [4.78, 5) is 25.7. The molecule has 1 saturated heterocycles. The van der Waals surface area contributed by atoms with Gasteiger partial charge in [-0.1, -0.05) is 30.3 Å². The van der Waals surface area contributed by atoms with Gasteiger partial charge in [0.25, 0.3) is 0 Å². The fourth-order valence-electron chi connectivity index (χ4n) is 3.09. The van der Waals surface area contributed by atoms with Crippen LogP contribution >= 0.6 is 0 Å². The Hall–Kier alpha value is -2.82. The van der Waals surface area contributed by atoms with Crippen LogP contribution in [-0.4, -0.2) is 25.0 Å². The Labute approximate surface area is 147 Å². The highest BCUT2D eigenvalue weighted by Crippen LogP contribution is 2.24. The van der Waals surface area contributed by atoms with Gasteiger partial charge in [0.1, 0.15) is 6.61 Å². The molecule has 1 fully saturated rings. The van der Waals surface area contributed by atoms with Crippen molar-refractivity contribution < 1.29 is 14.3 Å². The molecule has 1 aliphatic rings. The molecule has 0 bridgehead atoms. The van der Waals surface area contributed by atoms with Gasteiger partial charge in [-0.2, -0.15) is 0 Å². The van der Waals surface area contributed by atoms with E-state index in [1.54, 1.807) is 12.1 Å². The van der Waals surface area contributed by atoms with Crippen LogP contribution in [0.1, 0.15) is 28.8 Å². The van der Waals surface area contributed by atoms with Gasteiger partial charge in [0.05, 0.1) is 5.92 Å². The number of rotatable bonds is 5. The summed E-state index contributed by atoms with van der Waals surface area (Å²) in [6.07, 6.45) is 1.77. The summed E-state index contributed by atoms with van der Waals surface area (Å²) < 4.78 is 5.48. The Balaban J connectivity index is 1.58. The van der Waals surface area contributed by atoms with Crippen molar-refractivity contribution in [2.45, 2.75) is 19.4 Å². The number of ether oxygens (including phenoxy) is 1. The topological polar surface area (TPSA) is 72.6 Å². The minimum atomic E-state index is -0.437. The summed E-state index contributed by atoms with van der Waals surface area (Å²) in [5.74, 6) is -0.719. The summed E-state index contributed by atoms with van der Waals surface area (Å²) in [5.41, 5.74) is 7.74. The Morgan fingerprint density at radius 1 is 1.08 bits per heavy atom. The third-order valence-electron chi connectivity index (χ3n) is 4.50. The van der Waals surface area contributed by atoms with Crippen molar-refractivity contribution in [1.29, 1.82) is 0 Å². The van der Waals surface area contributed by atoms with Gasteiger partial charge in [-0.25, -0.2) is 0 Å². The van der Waals surface area contributed by atoms with E-state index in [1.165, 1.54) is 0 Å². The van der Waals surface area contributed by atoms with Gasteiger partial charge >= 0.3 is 5.97 Å². The van der Waals surface area contributed by atoms with Crippen molar-refractivity contribution in [3.8, 4) is 0 Å². The fourth-order valence-corrected chi connectivity index (χ4v) is 3.09. The second-order valence-electron chi connectivity index (χ2n) is 6.29. The van der Waals surface area contributed by atoms with E-state index in [0.29, 0.717) is 18.7 Å². The number of nitrogens with zero attached hydrogens (tertiary/aromatic N) is 1. The van der Waals surface area contributed by atoms with E-state index in [4.69, 9.17) is 10.5 Å². The van der Waals surface area contributed by atoms with E-state index >= 15 is 0 Å². The van der Waals surface area contributed by atoms with Crippen LogP contribution in [0.3, 0.4) is 0 Å². The van der Waals surface area contributed by atoms with E-state index < -0.39 is 5.91 Å². The molecule has 25 heavy (non-hydrogen) atoms. The molecule has 3 rings (SSSR count). The second-order valence-corrected chi connectivity index (χ2v) is 6.29. The quantitative estimate of drug-likeness (QED) is 0.851. The zero-order valence-electron chi connectivity index (χ0n) is 14.1. The SMILES string of the molecule is NC(=O)c1ccc(N2CCCC(C(=O)OCc3ccccc3)C2)cc1. The van der Waals surface area contributed by atoms with Crippen molar-refractivity contribution in [1.82, 2.24) is 0 Å². The van der Waals surface area contributed by atoms with Gasteiger partial charge in [0, 0.05) is 24.3 Å². The number of anilines is 1. The smallest absolute Gasteiger partial charge is 0.311 e. The molecule has 130 valence electrons. The highest BCUT2D eigenvalue weighted by Gasteiger charge is 2.27. The molecule has 1 amide bonds. The van der Waals surface area contributed by atoms with Crippen molar-refractivity contribution in [2.75, 3.05) is 18.0 Å². The molecule has 1 unspecified atom stereocenters. The summed E-state index contributed by atoms with van der Waals surface area (Å²) >= 11 is 0. The first-order valence-electron chi connectivity index (χ1n) is 8.49. The van der Waals surface area contributed by atoms with Crippen LogP contribution in [0.15, 0.2) is 54.6 Å². The van der Waals surface area contributed by atoms with Gasteiger partial charge in [0.15, 0.2) is 0 Å². The zero-order chi connectivity index (χ0) is 17.6. The van der Waals surface area contributed by atoms with Gasteiger partial charge in [0.2, 0.25) is 5.91 Å². The van der Waals surface area contributed by atoms with Crippen LogP contribution in [-0.2, 0) is 16.1 Å². The fraction of sp³-hybridized carbons (Fsp3) is 0.300. The highest BCUT2D eigenvalue weighted by molar-refractivity contribution is 5.93. The Bertz CT molecular complexity index is 728. The molecule has 0 aliphatic carbocycles. The number of nitrogens with two attached hydrogens (primary N) is 1. The molecule has 0 spiro atoms. The zero-order valence-corrected chi connectivity index (χ0v) is 14.1. The summed E-state index contributed by atoms with van der Waals surface area (Å²) in [7, 11) is 0. The van der Waals surface area contributed by atoms with E-state index in [2.05, 4.69) is 4.90 Å². The average molecular weight is 338 g/mol. The number of hydrogen-bond acceptors (Lipinski definition) is 4. The molecular formula is C20H22N2O3. The van der Waals surface area contributed by atoms with Crippen molar-refractivity contribution in [3.05, 3.63) is 65.7 Å². The molecule has 5 nitrogen and oxygen atoms in total. The Morgan fingerprint density at radius 3 is 2.48 bits per heavy atom. The first kappa shape index (κ1) is 17.0. The first-order valence-corrected chi connectivity index (χ1v) is 8.49. The number of hydrogen-bond donors (Lipinski definition) is 1. The van der Waals surface area contributed by atoms with E-state index in [9.17, 15) is 9.59 Å². The number of esters is 1. The molecule has 1 atom stereocenters. The molecule has 1 heterocycles. The molecule has 5 heteroatoms. The predicted molar refractivity (Wildman–Crippen MR) is 96.1 cm³/mol. The molecule has 0 saturated carbocycles. The van der Waals surface area contributed by atoms with Crippen molar-refractivity contribution >= 4 is 17.6 Å².